The highest BCUT2D eigenvalue weighted by atomic mass is 16.3. The van der Waals surface area contributed by atoms with Crippen LogP contribution in [-0.4, -0.2) is 40.5 Å². The molecule has 6 N–H and O–H groups in total. The number of phenols is 2. The van der Waals surface area contributed by atoms with Gasteiger partial charge < -0.3 is 26.6 Å². The van der Waals surface area contributed by atoms with Crippen LogP contribution in [0, 0.1) is 0 Å². The van der Waals surface area contributed by atoms with E-state index >= 15 is 0 Å². The zero-order valence-corrected chi connectivity index (χ0v) is 16.6. The fourth-order valence-electron chi connectivity index (χ4n) is 2.87. The van der Waals surface area contributed by atoms with Gasteiger partial charge in [0, 0.05) is 13.0 Å². The van der Waals surface area contributed by atoms with E-state index < -0.39 is 11.9 Å². The first kappa shape index (κ1) is 22.7. The maximum Gasteiger partial charge on any atom is 0.240 e. The van der Waals surface area contributed by atoms with E-state index in [2.05, 4.69) is 10.6 Å². The fourth-order valence-corrected chi connectivity index (χ4v) is 2.87. The second kappa shape index (κ2) is 11.5. The quantitative estimate of drug-likeness (QED) is 0.376. The van der Waals surface area contributed by atoms with Crippen LogP contribution < -0.4 is 16.4 Å². The van der Waals surface area contributed by atoms with Crippen LogP contribution in [0.5, 0.6) is 11.5 Å². The molecular formula is C22H27N3O5. The number of aromatic hydroxyl groups is 2. The molecule has 0 spiro atoms. The van der Waals surface area contributed by atoms with E-state index in [1.807, 2.05) is 0 Å². The first-order valence-electron chi connectivity index (χ1n) is 9.74. The number of aryl methyl sites for hydroxylation is 1. The summed E-state index contributed by atoms with van der Waals surface area (Å²) in [6.07, 6.45) is 1.73. The molecule has 2 aromatic rings. The van der Waals surface area contributed by atoms with Crippen LogP contribution in [0.25, 0.3) is 0 Å². The first-order valence-corrected chi connectivity index (χ1v) is 9.74. The Bertz CT molecular complexity index is 785. The molecule has 2 rings (SSSR count). The lowest BCUT2D eigenvalue weighted by atomic mass is 10.1. The molecule has 8 nitrogen and oxygen atoms in total. The Morgan fingerprint density at radius 3 is 1.90 bits per heavy atom. The Kier molecular flexibility index (Phi) is 8.68. The summed E-state index contributed by atoms with van der Waals surface area (Å²) in [6, 6.07) is 12.3. The highest BCUT2D eigenvalue weighted by Gasteiger charge is 2.21. The highest BCUT2D eigenvalue weighted by molar-refractivity contribution is 5.91. The largest absolute Gasteiger partial charge is 0.508 e. The molecule has 0 bridgehead atoms. The number of hydrogen-bond donors (Lipinski definition) is 5. The number of benzene rings is 2. The predicted molar refractivity (Wildman–Crippen MR) is 112 cm³/mol. The number of nitrogens with two attached hydrogens (primary N) is 1. The van der Waals surface area contributed by atoms with Gasteiger partial charge in [0.2, 0.25) is 17.7 Å². The summed E-state index contributed by atoms with van der Waals surface area (Å²) in [4.78, 5) is 35.8. The number of phenolic OH excluding ortho intramolecular Hbond substituents is 2. The molecule has 3 amide bonds. The summed E-state index contributed by atoms with van der Waals surface area (Å²) in [5.41, 5.74) is 7.25. The van der Waals surface area contributed by atoms with Crippen molar-refractivity contribution in [1.82, 2.24) is 10.6 Å². The molecule has 30 heavy (non-hydrogen) atoms. The molecule has 160 valence electrons. The Labute approximate surface area is 175 Å². The zero-order valence-electron chi connectivity index (χ0n) is 16.6. The van der Waals surface area contributed by atoms with E-state index in [0.717, 1.165) is 11.1 Å². The predicted octanol–water partition coefficient (Wildman–Crippen LogP) is 1.14. The van der Waals surface area contributed by atoms with E-state index in [9.17, 15) is 24.6 Å². The third-order valence-corrected chi connectivity index (χ3v) is 4.55. The standard InChI is InChI=1S/C22H27N3O5/c23-22(30)19(14-21(29)24-13-12-16-6-10-18(27)11-7-16)25-20(28)3-1-2-15-4-8-17(26)9-5-15/h4-11,19,26-27H,1-3,12-14H2,(H2,23,30)(H,24,29)(H,25,28)/t19-/m1/s1. The van der Waals surface area contributed by atoms with Crippen molar-refractivity contribution in [2.24, 2.45) is 5.73 Å². The lowest BCUT2D eigenvalue weighted by Gasteiger charge is -2.15. The van der Waals surface area contributed by atoms with Gasteiger partial charge in [0.05, 0.1) is 6.42 Å². The third-order valence-electron chi connectivity index (χ3n) is 4.55. The van der Waals surface area contributed by atoms with Crippen molar-refractivity contribution in [3.63, 3.8) is 0 Å². The molecule has 0 fully saturated rings. The lowest BCUT2D eigenvalue weighted by molar-refractivity contribution is -0.130. The Balaban J connectivity index is 1.71. The minimum Gasteiger partial charge on any atom is -0.508 e. The molecule has 0 aliphatic heterocycles. The van der Waals surface area contributed by atoms with Crippen LogP contribution in [0.4, 0.5) is 0 Å². The number of primary amides is 1. The van der Waals surface area contributed by atoms with Crippen LogP contribution in [0.1, 0.15) is 30.4 Å². The molecular weight excluding hydrogens is 386 g/mol. The van der Waals surface area contributed by atoms with Gasteiger partial charge in [0.15, 0.2) is 0 Å². The van der Waals surface area contributed by atoms with E-state index in [4.69, 9.17) is 5.73 Å². The van der Waals surface area contributed by atoms with Crippen LogP contribution in [0.3, 0.4) is 0 Å². The molecule has 0 radical (unpaired) electrons. The number of hydrogen-bond acceptors (Lipinski definition) is 5. The number of nitrogens with one attached hydrogen (secondary N) is 2. The normalized spacial score (nSPS) is 11.5. The summed E-state index contributed by atoms with van der Waals surface area (Å²) < 4.78 is 0. The topological polar surface area (TPSA) is 142 Å². The van der Waals surface area contributed by atoms with Gasteiger partial charge in [-0.15, -0.1) is 0 Å². The van der Waals surface area contributed by atoms with Gasteiger partial charge in [0.25, 0.3) is 0 Å². The van der Waals surface area contributed by atoms with Crippen molar-refractivity contribution in [1.29, 1.82) is 0 Å². The Morgan fingerprint density at radius 1 is 0.833 bits per heavy atom. The van der Waals surface area contributed by atoms with Gasteiger partial charge in [0.1, 0.15) is 17.5 Å². The maximum absolute atomic E-state index is 12.1. The number of carbonyl (C=O) groups excluding carboxylic acids is 3. The summed E-state index contributed by atoms with van der Waals surface area (Å²) >= 11 is 0. The molecule has 0 aromatic heterocycles. The number of rotatable bonds is 11. The van der Waals surface area contributed by atoms with Crippen molar-refractivity contribution in [3.8, 4) is 11.5 Å². The average Bonchev–Trinajstić information content (AvgIpc) is 2.70. The van der Waals surface area contributed by atoms with Crippen LogP contribution in [0.15, 0.2) is 48.5 Å². The van der Waals surface area contributed by atoms with Gasteiger partial charge in [-0.3, -0.25) is 14.4 Å². The maximum atomic E-state index is 12.1. The monoisotopic (exact) mass is 413 g/mol. The smallest absolute Gasteiger partial charge is 0.240 e. The summed E-state index contributed by atoms with van der Waals surface area (Å²) in [5.74, 6) is -1.15. The lowest BCUT2D eigenvalue weighted by Crippen LogP contribution is -2.47. The minimum atomic E-state index is -1.07. The van der Waals surface area contributed by atoms with E-state index in [-0.39, 0.29) is 36.2 Å². The van der Waals surface area contributed by atoms with Crippen LogP contribution >= 0.6 is 0 Å². The summed E-state index contributed by atoms with van der Waals surface area (Å²) in [6.45, 7) is 0.357. The molecule has 1 atom stereocenters. The molecule has 0 aliphatic rings. The number of amides is 3. The molecule has 2 aromatic carbocycles. The second-order valence-electron chi connectivity index (χ2n) is 7.01. The Morgan fingerprint density at radius 2 is 1.37 bits per heavy atom. The van der Waals surface area contributed by atoms with E-state index in [0.29, 0.717) is 25.8 Å². The second-order valence-corrected chi connectivity index (χ2v) is 7.01. The van der Waals surface area contributed by atoms with Gasteiger partial charge in [-0.2, -0.15) is 0 Å². The fraction of sp³-hybridized carbons (Fsp3) is 0.318. The molecule has 8 heteroatoms. The SMILES string of the molecule is NC(=O)[C@@H](CC(=O)NCCc1ccc(O)cc1)NC(=O)CCCc1ccc(O)cc1. The first-order chi connectivity index (χ1) is 14.3. The highest BCUT2D eigenvalue weighted by Crippen LogP contribution is 2.12. The van der Waals surface area contributed by atoms with Gasteiger partial charge in [-0.25, -0.2) is 0 Å². The van der Waals surface area contributed by atoms with E-state index in [1.54, 1.807) is 48.5 Å². The summed E-state index contributed by atoms with van der Waals surface area (Å²) in [5, 5.41) is 23.7. The Hall–Kier alpha value is -3.55. The van der Waals surface area contributed by atoms with Crippen molar-refractivity contribution in [3.05, 3.63) is 59.7 Å². The average molecular weight is 413 g/mol. The molecule has 0 saturated heterocycles. The molecule has 0 heterocycles. The summed E-state index contributed by atoms with van der Waals surface area (Å²) in [7, 11) is 0. The van der Waals surface area contributed by atoms with Gasteiger partial charge >= 0.3 is 0 Å². The van der Waals surface area contributed by atoms with Gasteiger partial charge in [-0.1, -0.05) is 24.3 Å². The van der Waals surface area contributed by atoms with Crippen molar-refractivity contribution < 1.29 is 24.6 Å². The zero-order chi connectivity index (χ0) is 21.9. The third kappa shape index (κ3) is 8.22. The van der Waals surface area contributed by atoms with Crippen molar-refractivity contribution in [2.75, 3.05) is 6.54 Å². The molecule has 0 aliphatic carbocycles. The van der Waals surface area contributed by atoms with E-state index in [1.165, 1.54) is 0 Å². The van der Waals surface area contributed by atoms with Crippen molar-refractivity contribution in [2.45, 2.75) is 38.1 Å². The number of carbonyl (C=O) groups is 3. The van der Waals surface area contributed by atoms with Crippen molar-refractivity contribution >= 4 is 17.7 Å². The van der Waals surface area contributed by atoms with Crippen LogP contribution in [-0.2, 0) is 27.2 Å². The van der Waals surface area contributed by atoms with Gasteiger partial charge in [-0.05, 0) is 54.7 Å². The molecule has 0 saturated carbocycles. The molecule has 0 unspecified atom stereocenters. The minimum absolute atomic E-state index is 0.172. The van der Waals surface area contributed by atoms with Crippen LogP contribution in [0.2, 0.25) is 0 Å².